The molecule has 0 aliphatic rings. The maximum Gasteiger partial charge on any atom is 0.239 e. The number of halogens is 1. The molecule has 0 bridgehead atoms. The molecule has 0 atom stereocenters. The van der Waals surface area contributed by atoms with Crippen LogP contribution >= 0.6 is 15.9 Å². The first-order valence-corrected chi connectivity index (χ1v) is 7.48. The van der Waals surface area contributed by atoms with Gasteiger partial charge in [0, 0.05) is 16.8 Å². The molecule has 1 rings (SSSR count). The van der Waals surface area contributed by atoms with Crippen LogP contribution < -0.4 is 10.1 Å². The van der Waals surface area contributed by atoms with Gasteiger partial charge in [-0.05, 0) is 28.1 Å². The van der Waals surface area contributed by atoms with Crippen molar-refractivity contribution in [2.24, 2.45) is 0 Å². The van der Waals surface area contributed by atoms with Crippen LogP contribution in [0.3, 0.4) is 0 Å². The Kier molecular flexibility index (Phi) is 4.53. The second kappa shape index (κ2) is 5.50. The van der Waals surface area contributed by atoms with E-state index in [9.17, 15) is 13.2 Å². The van der Waals surface area contributed by atoms with Crippen LogP contribution in [0.15, 0.2) is 22.7 Å². The van der Waals surface area contributed by atoms with Gasteiger partial charge >= 0.3 is 0 Å². The summed E-state index contributed by atoms with van der Waals surface area (Å²) in [6, 6.07) is 5.02. The van der Waals surface area contributed by atoms with Crippen LogP contribution in [-0.4, -0.2) is 33.4 Å². The summed E-state index contributed by atoms with van der Waals surface area (Å²) in [5.41, 5.74) is 0.470. The zero-order chi connectivity index (χ0) is 13.1. The van der Waals surface area contributed by atoms with E-state index in [4.69, 9.17) is 4.74 Å². The van der Waals surface area contributed by atoms with Gasteiger partial charge in [0.1, 0.15) is 11.5 Å². The summed E-state index contributed by atoms with van der Waals surface area (Å²) < 4.78 is 27.5. The lowest BCUT2D eigenvalue weighted by Gasteiger charge is -2.08. The predicted molar refractivity (Wildman–Crippen MR) is 69.0 cm³/mol. The van der Waals surface area contributed by atoms with Crippen molar-refractivity contribution in [3.63, 3.8) is 0 Å². The third-order valence-corrected chi connectivity index (χ3v) is 3.32. The molecular weight excluding hydrogens is 310 g/mol. The molecule has 17 heavy (non-hydrogen) atoms. The predicted octanol–water partition coefficient (Wildman–Crippen LogP) is 1.44. The number of benzene rings is 1. The van der Waals surface area contributed by atoms with Crippen molar-refractivity contribution in [2.75, 3.05) is 24.4 Å². The van der Waals surface area contributed by atoms with E-state index in [0.29, 0.717) is 15.9 Å². The number of ether oxygens (including phenoxy) is 1. The summed E-state index contributed by atoms with van der Waals surface area (Å²) >= 11 is 3.25. The summed E-state index contributed by atoms with van der Waals surface area (Å²) in [4.78, 5) is 11.4. The molecule has 0 aliphatic carbocycles. The van der Waals surface area contributed by atoms with Crippen LogP contribution in [0.25, 0.3) is 0 Å². The van der Waals surface area contributed by atoms with Gasteiger partial charge in [0.15, 0.2) is 9.84 Å². The van der Waals surface area contributed by atoms with Crippen molar-refractivity contribution in [1.82, 2.24) is 0 Å². The molecular formula is C10H12BrNO4S. The van der Waals surface area contributed by atoms with E-state index >= 15 is 0 Å². The Bertz CT molecular complexity index is 527. The van der Waals surface area contributed by atoms with Crippen molar-refractivity contribution >= 4 is 37.4 Å². The number of sulfone groups is 1. The van der Waals surface area contributed by atoms with E-state index in [1.54, 1.807) is 18.2 Å². The quantitative estimate of drug-likeness (QED) is 0.910. The minimum atomic E-state index is -3.33. The molecule has 7 heteroatoms. The number of carbonyl (C=O) groups excluding carboxylic acids is 1. The minimum absolute atomic E-state index is 0.470. The molecule has 0 radical (unpaired) electrons. The number of nitrogens with one attached hydrogen (secondary N) is 1. The highest BCUT2D eigenvalue weighted by molar-refractivity contribution is 9.10. The Hall–Kier alpha value is -1.08. The Morgan fingerprint density at radius 2 is 2.12 bits per heavy atom. The third-order valence-electron chi connectivity index (χ3n) is 1.84. The standard InChI is InChI=1S/C10H12BrNO4S/c1-16-7-3-4-8(11)9(5-7)12-10(13)6-17(2,14)15/h3-5H,6H2,1-2H3,(H,12,13). The average Bonchev–Trinajstić information content (AvgIpc) is 2.18. The second-order valence-corrected chi connectivity index (χ2v) is 6.46. The maximum absolute atomic E-state index is 11.4. The van der Waals surface area contributed by atoms with Crippen LogP contribution in [0.5, 0.6) is 5.75 Å². The number of rotatable bonds is 4. The molecule has 0 spiro atoms. The van der Waals surface area contributed by atoms with Gasteiger partial charge in [-0.1, -0.05) is 0 Å². The minimum Gasteiger partial charge on any atom is -0.497 e. The van der Waals surface area contributed by atoms with E-state index < -0.39 is 21.5 Å². The highest BCUT2D eigenvalue weighted by atomic mass is 79.9. The molecule has 1 aromatic rings. The number of anilines is 1. The van der Waals surface area contributed by atoms with Gasteiger partial charge in [-0.15, -0.1) is 0 Å². The lowest BCUT2D eigenvalue weighted by molar-refractivity contribution is -0.113. The van der Waals surface area contributed by atoms with Crippen LogP contribution in [0.4, 0.5) is 5.69 Å². The summed E-state index contributed by atoms with van der Waals surface area (Å²) in [6.45, 7) is 0. The maximum atomic E-state index is 11.4. The van der Waals surface area contributed by atoms with Gasteiger partial charge in [-0.25, -0.2) is 8.42 Å². The van der Waals surface area contributed by atoms with Gasteiger partial charge in [0.05, 0.1) is 12.8 Å². The van der Waals surface area contributed by atoms with Crippen molar-refractivity contribution in [3.8, 4) is 5.75 Å². The summed E-state index contributed by atoms with van der Waals surface area (Å²) in [6.07, 6.45) is 1.01. The van der Waals surface area contributed by atoms with Gasteiger partial charge in [0.2, 0.25) is 5.91 Å². The molecule has 1 amide bonds. The second-order valence-electron chi connectivity index (χ2n) is 3.46. The van der Waals surface area contributed by atoms with Crippen LogP contribution in [0, 0.1) is 0 Å². The lowest BCUT2D eigenvalue weighted by Crippen LogP contribution is -2.22. The molecule has 0 saturated heterocycles. The molecule has 94 valence electrons. The van der Waals surface area contributed by atoms with E-state index in [1.807, 2.05) is 0 Å². The van der Waals surface area contributed by atoms with Crippen LogP contribution in [0.2, 0.25) is 0 Å². The molecule has 0 aromatic heterocycles. The van der Waals surface area contributed by atoms with Gasteiger partial charge in [-0.3, -0.25) is 4.79 Å². The fourth-order valence-corrected chi connectivity index (χ4v) is 2.05. The molecule has 5 nitrogen and oxygen atoms in total. The number of hydrogen-bond donors (Lipinski definition) is 1. The lowest BCUT2D eigenvalue weighted by atomic mass is 10.3. The van der Waals surface area contributed by atoms with Gasteiger partial charge in [0.25, 0.3) is 0 Å². The number of carbonyl (C=O) groups is 1. The average molecular weight is 322 g/mol. The molecule has 0 fully saturated rings. The molecule has 1 N–H and O–H groups in total. The van der Waals surface area contributed by atoms with E-state index in [0.717, 1.165) is 6.26 Å². The Morgan fingerprint density at radius 3 is 2.65 bits per heavy atom. The van der Waals surface area contributed by atoms with Gasteiger partial charge in [-0.2, -0.15) is 0 Å². The van der Waals surface area contributed by atoms with E-state index in [-0.39, 0.29) is 0 Å². The SMILES string of the molecule is COc1ccc(Br)c(NC(=O)CS(C)(=O)=O)c1. The van der Waals surface area contributed by atoms with Crippen molar-refractivity contribution in [2.45, 2.75) is 0 Å². The highest BCUT2D eigenvalue weighted by Crippen LogP contribution is 2.26. The van der Waals surface area contributed by atoms with Crippen molar-refractivity contribution in [3.05, 3.63) is 22.7 Å². The van der Waals surface area contributed by atoms with E-state index in [2.05, 4.69) is 21.2 Å². The zero-order valence-electron chi connectivity index (χ0n) is 9.36. The first kappa shape index (κ1) is 14.0. The Labute approximate surface area is 108 Å². The number of methoxy groups -OCH3 is 1. The molecule has 0 heterocycles. The number of hydrogen-bond acceptors (Lipinski definition) is 4. The third kappa shape index (κ3) is 4.74. The number of amides is 1. The monoisotopic (exact) mass is 321 g/mol. The topological polar surface area (TPSA) is 72.5 Å². The van der Waals surface area contributed by atoms with Crippen molar-refractivity contribution < 1.29 is 17.9 Å². The normalized spacial score (nSPS) is 11.0. The Morgan fingerprint density at radius 1 is 1.47 bits per heavy atom. The first-order valence-electron chi connectivity index (χ1n) is 4.63. The van der Waals surface area contributed by atoms with Crippen LogP contribution in [0.1, 0.15) is 0 Å². The van der Waals surface area contributed by atoms with Gasteiger partial charge < -0.3 is 10.1 Å². The highest BCUT2D eigenvalue weighted by Gasteiger charge is 2.12. The smallest absolute Gasteiger partial charge is 0.239 e. The first-order chi connectivity index (χ1) is 7.81. The fraction of sp³-hybridized carbons (Fsp3) is 0.300. The molecule has 0 unspecified atom stereocenters. The molecule has 1 aromatic carbocycles. The molecule has 0 aliphatic heterocycles. The largest absolute Gasteiger partial charge is 0.497 e. The summed E-state index contributed by atoms with van der Waals surface area (Å²) in [5, 5.41) is 2.50. The fourth-order valence-electron chi connectivity index (χ4n) is 1.15. The zero-order valence-corrected chi connectivity index (χ0v) is 11.8. The summed E-state index contributed by atoms with van der Waals surface area (Å²) in [7, 11) is -1.83. The Balaban J connectivity index is 2.84. The van der Waals surface area contributed by atoms with Crippen molar-refractivity contribution in [1.29, 1.82) is 0 Å². The summed E-state index contributed by atoms with van der Waals surface area (Å²) in [5.74, 6) is -0.555. The van der Waals surface area contributed by atoms with Crippen LogP contribution in [-0.2, 0) is 14.6 Å². The molecule has 0 saturated carbocycles. The van der Waals surface area contributed by atoms with E-state index in [1.165, 1.54) is 7.11 Å².